The van der Waals surface area contributed by atoms with Crippen molar-refractivity contribution in [2.45, 2.75) is 52.4 Å². The molecule has 0 unspecified atom stereocenters. The maximum Gasteiger partial charge on any atom is 0.416 e. The summed E-state index contributed by atoms with van der Waals surface area (Å²) in [7, 11) is 0. The van der Waals surface area contributed by atoms with Crippen molar-refractivity contribution in [2.75, 3.05) is 4.90 Å². The summed E-state index contributed by atoms with van der Waals surface area (Å²) in [6, 6.07) is 5.08. The molecule has 11 heteroatoms. The Hall–Kier alpha value is -3.76. The topological polar surface area (TPSA) is 88.4 Å². The number of aromatic nitrogens is 7. The molecule has 0 saturated carbocycles. The minimum atomic E-state index is -4.40. The number of aromatic amines is 1. The summed E-state index contributed by atoms with van der Waals surface area (Å²) in [6.45, 7) is 8.19. The van der Waals surface area contributed by atoms with Gasteiger partial charge in [-0.15, -0.1) is 10.2 Å². The summed E-state index contributed by atoms with van der Waals surface area (Å²) < 4.78 is 40.9. The molecule has 0 spiro atoms. The number of nitrogens with zero attached hydrogens (tertiary/aromatic N) is 7. The van der Waals surface area contributed by atoms with E-state index in [2.05, 4.69) is 46.1 Å². The Balaban J connectivity index is 1.65. The predicted octanol–water partition coefficient (Wildman–Crippen LogP) is 5.12. The maximum atomic E-state index is 13.0. The Labute approximate surface area is 193 Å². The van der Waals surface area contributed by atoms with Crippen LogP contribution >= 0.6 is 0 Å². The van der Waals surface area contributed by atoms with Gasteiger partial charge >= 0.3 is 6.18 Å². The van der Waals surface area contributed by atoms with Crippen molar-refractivity contribution in [2.24, 2.45) is 0 Å². The zero-order valence-electron chi connectivity index (χ0n) is 19.1. The Kier molecular flexibility index (Phi) is 5.14. The highest BCUT2D eigenvalue weighted by Crippen LogP contribution is 2.42. The zero-order valence-corrected chi connectivity index (χ0v) is 19.1. The molecule has 176 valence electrons. The first-order chi connectivity index (χ1) is 16.2. The van der Waals surface area contributed by atoms with Gasteiger partial charge in [-0.25, -0.2) is 9.97 Å². The van der Waals surface area contributed by atoms with Crippen molar-refractivity contribution < 1.29 is 13.2 Å². The fraction of sp³-hybridized carbons (Fsp3) is 0.348. The highest BCUT2D eigenvalue weighted by molar-refractivity contribution is 5.79. The van der Waals surface area contributed by atoms with E-state index in [0.717, 1.165) is 41.6 Å². The normalized spacial score (nSPS) is 15.5. The molecule has 4 heterocycles. The van der Waals surface area contributed by atoms with Gasteiger partial charge in [-0.1, -0.05) is 19.1 Å². The molecule has 1 atom stereocenters. The van der Waals surface area contributed by atoms with Gasteiger partial charge in [-0.2, -0.15) is 18.3 Å². The second-order valence-electron chi connectivity index (χ2n) is 8.52. The second kappa shape index (κ2) is 7.93. The van der Waals surface area contributed by atoms with Crippen molar-refractivity contribution in [3.8, 4) is 28.3 Å². The van der Waals surface area contributed by atoms with E-state index in [0.29, 0.717) is 22.6 Å². The van der Waals surface area contributed by atoms with E-state index in [1.165, 1.54) is 12.1 Å². The lowest BCUT2D eigenvalue weighted by Crippen LogP contribution is -2.40. The molecule has 0 aliphatic carbocycles. The molecule has 34 heavy (non-hydrogen) atoms. The van der Waals surface area contributed by atoms with Crippen LogP contribution in [0.15, 0.2) is 36.8 Å². The van der Waals surface area contributed by atoms with Gasteiger partial charge in [-0.05, 0) is 39.3 Å². The fourth-order valence-electron chi connectivity index (χ4n) is 4.54. The molecule has 5 rings (SSSR count). The minimum absolute atomic E-state index is 0.00381. The minimum Gasteiger partial charge on any atom is -0.342 e. The van der Waals surface area contributed by atoms with Crippen LogP contribution in [0.4, 0.5) is 19.0 Å². The molecule has 0 bridgehead atoms. The van der Waals surface area contributed by atoms with Crippen LogP contribution in [0, 0.1) is 6.92 Å². The molecule has 4 aromatic rings. The quantitative estimate of drug-likeness (QED) is 0.447. The molecular formula is C23H23F3N8. The summed E-state index contributed by atoms with van der Waals surface area (Å²) >= 11 is 0. The number of H-pyrrole nitrogens is 1. The number of benzene rings is 1. The lowest BCUT2D eigenvalue weighted by atomic mass is 10.0. The van der Waals surface area contributed by atoms with Crippen LogP contribution in [0.3, 0.4) is 0 Å². The van der Waals surface area contributed by atoms with Gasteiger partial charge in [0.2, 0.25) is 0 Å². The highest BCUT2D eigenvalue weighted by atomic mass is 19.4. The van der Waals surface area contributed by atoms with E-state index in [-0.39, 0.29) is 12.1 Å². The first-order valence-corrected chi connectivity index (χ1v) is 11.0. The van der Waals surface area contributed by atoms with Gasteiger partial charge in [0.15, 0.2) is 17.5 Å². The van der Waals surface area contributed by atoms with Gasteiger partial charge in [0.05, 0.1) is 34.8 Å². The highest BCUT2D eigenvalue weighted by Gasteiger charge is 2.36. The number of hydrogen-bond acceptors (Lipinski definition) is 6. The summed E-state index contributed by atoms with van der Waals surface area (Å²) in [5.41, 5.74) is 2.57. The lowest BCUT2D eigenvalue weighted by molar-refractivity contribution is -0.137. The van der Waals surface area contributed by atoms with Crippen molar-refractivity contribution in [1.82, 2.24) is 34.9 Å². The summed E-state index contributed by atoms with van der Waals surface area (Å²) in [5, 5.41) is 15.5. The lowest BCUT2D eigenvalue weighted by Gasteiger charge is -2.40. The van der Waals surface area contributed by atoms with Gasteiger partial charge < -0.3 is 4.90 Å². The summed E-state index contributed by atoms with van der Waals surface area (Å²) in [5.74, 6) is 2.05. The van der Waals surface area contributed by atoms with Crippen molar-refractivity contribution in [1.29, 1.82) is 0 Å². The number of halogens is 3. The first kappa shape index (κ1) is 22.1. The number of aryl methyl sites for hydroxylation is 1. The standard InChI is InChI=1S/C23H23F3N8/c1-5-17-21-32-28-11-33(21)19-13(4)29-20(30-22(19)34(17)12(2)3)16-10-27-31-18(16)14-6-8-15(9-7-14)23(24,25)26/h6-12,17H,5H2,1-4H3,(H,27,31)/t17-/m1/s1. The molecular weight excluding hydrogens is 445 g/mol. The number of nitrogens with one attached hydrogen (secondary N) is 1. The first-order valence-electron chi connectivity index (χ1n) is 11.0. The third-order valence-electron chi connectivity index (χ3n) is 6.06. The molecule has 0 fully saturated rings. The van der Waals surface area contributed by atoms with Crippen molar-refractivity contribution in [3.05, 3.63) is 53.9 Å². The molecule has 0 radical (unpaired) electrons. The molecule has 1 aliphatic heterocycles. The van der Waals surface area contributed by atoms with E-state index >= 15 is 0 Å². The van der Waals surface area contributed by atoms with E-state index < -0.39 is 11.7 Å². The van der Waals surface area contributed by atoms with Crippen LogP contribution in [0.2, 0.25) is 0 Å². The Morgan fingerprint density at radius 2 is 1.85 bits per heavy atom. The molecule has 3 aromatic heterocycles. The van der Waals surface area contributed by atoms with E-state index in [9.17, 15) is 13.2 Å². The number of alkyl halides is 3. The summed E-state index contributed by atoms with van der Waals surface area (Å²) in [4.78, 5) is 11.9. The van der Waals surface area contributed by atoms with Gasteiger partial charge in [0.1, 0.15) is 12.0 Å². The second-order valence-corrected chi connectivity index (χ2v) is 8.52. The molecule has 1 N–H and O–H groups in total. The zero-order chi connectivity index (χ0) is 24.2. The van der Waals surface area contributed by atoms with Crippen LogP contribution in [0.1, 0.15) is 50.3 Å². The average Bonchev–Trinajstić information content (AvgIpc) is 3.47. The molecule has 0 saturated heterocycles. The van der Waals surface area contributed by atoms with Crippen LogP contribution in [0.5, 0.6) is 0 Å². The van der Waals surface area contributed by atoms with E-state index in [1.54, 1.807) is 12.5 Å². The van der Waals surface area contributed by atoms with Gasteiger partial charge in [0.25, 0.3) is 0 Å². The smallest absolute Gasteiger partial charge is 0.342 e. The third-order valence-corrected chi connectivity index (χ3v) is 6.06. The Bertz CT molecular complexity index is 1340. The molecule has 1 aliphatic rings. The SMILES string of the molecule is CC[C@@H]1c2nncn2-c2c(C)nc(-c3cn[nH]c3-c3ccc(C(F)(F)F)cc3)nc2N1C(C)C. The largest absolute Gasteiger partial charge is 0.416 e. The average molecular weight is 468 g/mol. The predicted molar refractivity (Wildman–Crippen MR) is 120 cm³/mol. The van der Waals surface area contributed by atoms with E-state index in [4.69, 9.17) is 9.97 Å². The number of anilines is 1. The Morgan fingerprint density at radius 1 is 1.12 bits per heavy atom. The molecule has 0 amide bonds. The van der Waals surface area contributed by atoms with Crippen LogP contribution in [0.25, 0.3) is 28.3 Å². The van der Waals surface area contributed by atoms with Crippen LogP contribution in [-0.2, 0) is 6.18 Å². The fourth-order valence-corrected chi connectivity index (χ4v) is 4.54. The van der Waals surface area contributed by atoms with Crippen LogP contribution < -0.4 is 4.90 Å². The molecule has 1 aromatic carbocycles. The summed E-state index contributed by atoms with van der Waals surface area (Å²) in [6.07, 6.45) is -0.309. The Morgan fingerprint density at radius 3 is 2.50 bits per heavy atom. The number of fused-ring (bicyclic) bond motifs is 3. The van der Waals surface area contributed by atoms with Crippen LogP contribution in [-0.4, -0.2) is 41.0 Å². The molecule has 8 nitrogen and oxygen atoms in total. The van der Waals surface area contributed by atoms with Crippen molar-refractivity contribution >= 4 is 5.82 Å². The maximum absolute atomic E-state index is 13.0. The number of hydrogen-bond donors (Lipinski definition) is 1. The van der Waals surface area contributed by atoms with Gasteiger partial charge in [0, 0.05) is 11.6 Å². The monoisotopic (exact) mass is 468 g/mol. The van der Waals surface area contributed by atoms with E-state index in [1.807, 2.05) is 11.5 Å². The third kappa shape index (κ3) is 3.42. The van der Waals surface area contributed by atoms with Crippen molar-refractivity contribution in [3.63, 3.8) is 0 Å². The number of rotatable bonds is 4. The van der Waals surface area contributed by atoms with Gasteiger partial charge in [-0.3, -0.25) is 9.67 Å².